The Morgan fingerprint density at radius 3 is 2.44 bits per heavy atom. The van der Waals surface area contributed by atoms with Crippen LogP contribution in [-0.4, -0.2) is 61.6 Å². The van der Waals surface area contributed by atoms with Crippen molar-refractivity contribution in [1.82, 2.24) is 9.34 Å². The zero-order valence-corrected chi connectivity index (χ0v) is 18.4. The average Bonchev–Trinajstić information content (AvgIpc) is 2.69. The quantitative estimate of drug-likeness (QED) is 0.483. The molecule has 3 rings (SSSR count). The number of hydrogen-bond acceptors (Lipinski definition) is 6. The maximum Gasteiger partial charge on any atom is 0.253 e. The molecule has 1 aromatic carbocycles. The number of nitrogens with zero attached hydrogens (tertiary/aromatic N) is 2. The van der Waals surface area contributed by atoms with Crippen molar-refractivity contribution in [2.75, 3.05) is 52.2 Å². The number of fused-ring (bicyclic) bond motifs is 3. The highest BCUT2D eigenvalue weighted by Crippen LogP contribution is 2.66. The zero-order chi connectivity index (χ0) is 19.6. The lowest BCUT2D eigenvalue weighted by atomic mass is 9.87. The third-order valence-electron chi connectivity index (χ3n) is 5.31. The summed E-state index contributed by atoms with van der Waals surface area (Å²) in [5, 5.41) is 0. The van der Waals surface area contributed by atoms with Crippen molar-refractivity contribution in [1.29, 1.82) is 0 Å². The van der Waals surface area contributed by atoms with Gasteiger partial charge in [-0.1, -0.05) is 6.92 Å². The number of hydrogen-bond donors (Lipinski definition) is 0. The number of ether oxygens (including phenoxy) is 2. The smallest absolute Gasteiger partial charge is 0.253 e. The summed E-state index contributed by atoms with van der Waals surface area (Å²) in [5.74, 6) is 2.35. The Morgan fingerprint density at radius 2 is 1.85 bits per heavy atom. The summed E-state index contributed by atoms with van der Waals surface area (Å²) < 4.78 is 20.8. The number of alkyl halides is 2. The Hall–Kier alpha value is -0.330. The highest BCUT2D eigenvalue weighted by atomic mass is 35.5. The zero-order valence-electron chi connectivity index (χ0n) is 16.0. The highest BCUT2D eigenvalue weighted by Gasteiger charge is 2.54. The van der Waals surface area contributed by atoms with E-state index in [0.717, 1.165) is 17.7 Å². The maximum atomic E-state index is 14.0. The Bertz CT molecular complexity index is 662. The lowest BCUT2D eigenvalue weighted by Crippen LogP contribution is -2.53. The third kappa shape index (κ3) is 3.91. The first-order valence-corrected chi connectivity index (χ1v) is 11.7. The molecule has 1 aromatic rings. The van der Waals surface area contributed by atoms with Crippen LogP contribution in [0.1, 0.15) is 24.1 Å². The van der Waals surface area contributed by atoms with E-state index in [1.165, 1.54) is 5.56 Å². The monoisotopic (exact) mass is 436 g/mol. The predicted molar refractivity (Wildman–Crippen MR) is 108 cm³/mol. The van der Waals surface area contributed by atoms with Crippen molar-refractivity contribution in [3.05, 3.63) is 23.3 Å². The predicted octanol–water partition coefficient (Wildman–Crippen LogP) is 3.09. The van der Waals surface area contributed by atoms with Crippen LogP contribution >= 0.6 is 31.2 Å². The number of rotatable bonds is 7. The maximum absolute atomic E-state index is 14.0. The van der Waals surface area contributed by atoms with Gasteiger partial charge < -0.3 is 14.4 Å². The van der Waals surface area contributed by atoms with Crippen LogP contribution in [0.15, 0.2) is 12.1 Å². The largest absolute Gasteiger partial charge is 0.626 e. The fraction of sp³-hybridized carbons (Fsp3) is 0.667. The van der Waals surface area contributed by atoms with E-state index in [1.807, 2.05) is 21.5 Å². The molecule has 1 saturated heterocycles. The molecule has 6 nitrogen and oxygen atoms in total. The van der Waals surface area contributed by atoms with Gasteiger partial charge in [-0.05, 0) is 29.7 Å². The highest BCUT2D eigenvalue weighted by molar-refractivity contribution is 7.59. The lowest BCUT2D eigenvalue weighted by molar-refractivity contribution is -0.233. The molecule has 0 amide bonds. The molecular formula is C18H27Cl2N2O4P. The molecule has 0 aliphatic carbocycles. The van der Waals surface area contributed by atoms with E-state index >= 15 is 0 Å². The SMILES string of the molecule is COc1cc2c(cc1OC)[C@@H]1[C@@H](C)CO[P+]([O-])(N(CCCl)CCCl)N1CC2. The minimum Gasteiger partial charge on any atom is -0.626 e. The molecule has 0 bridgehead atoms. The van der Waals surface area contributed by atoms with E-state index in [9.17, 15) is 4.89 Å². The number of halogens is 2. The van der Waals surface area contributed by atoms with Crippen molar-refractivity contribution in [2.24, 2.45) is 5.92 Å². The summed E-state index contributed by atoms with van der Waals surface area (Å²) in [4.78, 5) is 14.0. The van der Waals surface area contributed by atoms with Gasteiger partial charge in [-0.15, -0.1) is 32.5 Å². The van der Waals surface area contributed by atoms with E-state index in [4.69, 9.17) is 37.2 Å². The van der Waals surface area contributed by atoms with Gasteiger partial charge in [0.2, 0.25) is 0 Å². The molecule has 0 saturated carbocycles. The molecular weight excluding hydrogens is 410 g/mol. The van der Waals surface area contributed by atoms with Crippen LogP contribution in [0.3, 0.4) is 0 Å². The van der Waals surface area contributed by atoms with Gasteiger partial charge in [0.15, 0.2) is 11.5 Å². The molecule has 0 radical (unpaired) electrons. The van der Waals surface area contributed by atoms with Crippen molar-refractivity contribution < 1.29 is 18.9 Å². The van der Waals surface area contributed by atoms with Gasteiger partial charge in [0.05, 0.1) is 40.0 Å². The Labute approximate surface area is 171 Å². The van der Waals surface area contributed by atoms with Crippen molar-refractivity contribution in [3.8, 4) is 11.5 Å². The van der Waals surface area contributed by atoms with Crippen LogP contribution < -0.4 is 14.4 Å². The summed E-state index contributed by atoms with van der Waals surface area (Å²) in [6, 6.07) is 4.04. The van der Waals surface area contributed by atoms with E-state index in [-0.39, 0.29) is 12.0 Å². The standard InChI is InChI=1S/C18H27Cl2N2O4P/c1-13-12-26-27(23,21(8-5-19)9-6-20)22-7-4-14-10-16(24-2)17(25-3)11-15(14)18(13)22/h10-11,13,18H,4-9,12H2,1-3H3/t13-,18-,27?/m0/s1. The molecule has 152 valence electrons. The lowest BCUT2D eigenvalue weighted by Gasteiger charge is -2.53. The fourth-order valence-electron chi connectivity index (χ4n) is 4.03. The molecule has 0 aromatic heterocycles. The minimum absolute atomic E-state index is 0.0127. The van der Waals surface area contributed by atoms with Gasteiger partial charge in [-0.2, -0.15) is 0 Å². The van der Waals surface area contributed by atoms with Crippen LogP contribution in [-0.2, 0) is 10.9 Å². The summed E-state index contributed by atoms with van der Waals surface area (Å²) in [6.45, 7) is 4.15. The fourth-order valence-corrected chi connectivity index (χ4v) is 7.47. The summed E-state index contributed by atoms with van der Waals surface area (Å²) in [7, 11) is 0.0727. The van der Waals surface area contributed by atoms with Crippen molar-refractivity contribution in [3.63, 3.8) is 0 Å². The first-order valence-electron chi connectivity index (χ1n) is 9.14. The Morgan fingerprint density at radius 1 is 1.22 bits per heavy atom. The first-order chi connectivity index (χ1) is 13.0. The van der Waals surface area contributed by atoms with Gasteiger partial charge >= 0.3 is 0 Å². The Balaban J connectivity index is 2.02. The number of methoxy groups -OCH3 is 2. The van der Waals surface area contributed by atoms with Gasteiger partial charge in [-0.25, -0.2) is 4.52 Å². The minimum atomic E-state index is -3.20. The summed E-state index contributed by atoms with van der Waals surface area (Å²) in [5.41, 5.74) is 2.34. The molecule has 2 aliphatic heterocycles. The molecule has 2 aliphatic rings. The second-order valence-electron chi connectivity index (χ2n) is 6.86. The second kappa shape index (κ2) is 9.00. The van der Waals surface area contributed by atoms with Crippen LogP contribution in [0.5, 0.6) is 11.5 Å². The molecule has 1 fully saturated rings. The first kappa shape index (κ1) is 21.4. The molecule has 0 spiro atoms. The van der Waals surface area contributed by atoms with Crippen molar-refractivity contribution >= 4 is 31.2 Å². The Kier molecular flexibility index (Phi) is 7.12. The molecule has 2 heterocycles. The van der Waals surface area contributed by atoms with E-state index < -0.39 is 8.02 Å². The number of benzene rings is 1. The van der Waals surface area contributed by atoms with Crippen LogP contribution in [0.2, 0.25) is 0 Å². The van der Waals surface area contributed by atoms with Crippen molar-refractivity contribution in [2.45, 2.75) is 19.4 Å². The topological polar surface area (TPSA) is 57.2 Å². The summed E-state index contributed by atoms with van der Waals surface area (Å²) in [6.07, 6.45) is 0.766. The van der Waals surface area contributed by atoms with Crippen LogP contribution in [0, 0.1) is 5.92 Å². The molecule has 0 N–H and O–H groups in total. The van der Waals surface area contributed by atoms with E-state index in [2.05, 4.69) is 6.92 Å². The molecule has 9 heteroatoms. The molecule has 27 heavy (non-hydrogen) atoms. The molecule has 1 unspecified atom stereocenters. The third-order valence-corrected chi connectivity index (χ3v) is 8.34. The van der Waals surface area contributed by atoms with Gasteiger partial charge in [0, 0.05) is 24.2 Å². The summed E-state index contributed by atoms with van der Waals surface area (Å²) >= 11 is 11.9. The second-order valence-corrected chi connectivity index (χ2v) is 9.93. The van der Waals surface area contributed by atoms with Gasteiger partial charge in [0.25, 0.3) is 8.02 Å². The van der Waals surface area contributed by atoms with E-state index in [0.29, 0.717) is 43.8 Å². The van der Waals surface area contributed by atoms with E-state index in [1.54, 1.807) is 14.2 Å². The van der Waals surface area contributed by atoms with Crippen LogP contribution in [0.4, 0.5) is 0 Å². The van der Waals surface area contributed by atoms with Crippen LogP contribution in [0.25, 0.3) is 0 Å². The van der Waals surface area contributed by atoms with Gasteiger partial charge in [0.1, 0.15) is 0 Å². The average molecular weight is 437 g/mol. The molecule has 3 atom stereocenters. The normalized spacial score (nSPS) is 28.0. The van der Waals surface area contributed by atoms with Gasteiger partial charge in [-0.3, -0.25) is 0 Å².